The average molecular weight is 271 g/mol. The fourth-order valence-electron chi connectivity index (χ4n) is 3.77. The van der Waals surface area contributed by atoms with Crippen LogP contribution in [0.1, 0.15) is 89.0 Å². The van der Waals surface area contributed by atoms with Gasteiger partial charge >= 0.3 is 0 Å². The van der Waals surface area contributed by atoms with Crippen molar-refractivity contribution >= 4 is 0 Å². The van der Waals surface area contributed by atoms with E-state index in [0.717, 1.165) is 6.42 Å². The van der Waals surface area contributed by atoms with Crippen LogP contribution in [0.3, 0.4) is 0 Å². The molecule has 0 heterocycles. The maximum atomic E-state index is 10.2. The first-order valence-corrected chi connectivity index (χ1v) is 7.64. The largest absolute Gasteiger partial charge is 0.390 e. The number of rotatable bonds is 5. The molecule has 19 heavy (non-hydrogen) atoms. The predicted molar refractivity (Wildman–Crippen MR) is 86.3 cm³/mol. The lowest BCUT2D eigenvalue weighted by Crippen LogP contribution is -2.48. The molecule has 0 aliphatic rings. The fourth-order valence-corrected chi connectivity index (χ4v) is 3.77. The summed E-state index contributed by atoms with van der Waals surface area (Å²) in [5, 5.41) is 10.2. The summed E-state index contributed by atoms with van der Waals surface area (Å²) in [4.78, 5) is 0. The van der Waals surface area contributed by atoms with Crippen LogP contribution < -0.4 is 0 Å². The molecule has 0 spiro atoms. The van der Waals surface area contributed by atoms with Gasteiger partial charge in [0.1, 0.15) is 0 Å². The normalized spacial score (nSPS) is 15.8. The van der Waals surface area contributed by atoms with Gasteiger partial charge in [-0.15, -0.1) is 0 Å². The third-order valence-corrected chi connectivity index (χ3v) is 5.23. The van der Waals surface area contributed by atoms with E-state index in [1.165, 1.54) is 6.42 Å². The molecule has 0 amide bonds. The molecule has 0 rings (SSSR count). The van der Waals surface area contributed by atoms with Crippen LogP contribution in [-0.2, 0) is 0 Å². The van der Waals surface area contributed by atoms with E-state index in [0.29, 0.717) is 5.41 Å². The molecule has 0 aromatic carbocycles. The van der Waals surface area contributed by atoms with E-state index < -0.39 is 5.60 Å². The van der Waals surface area contributed by atoms with Crippen molar-refractivity contribution in [1.29, 1.82) is 0 Å². The van der Waals surface area contributed by atoms with E-state index in [9.17, 15) is 5.11 Å². The second kappa shape index (κ2) is 5.06. The minimum Gasteiger partial charge on any atom is -0.390 e. The van der Waals surface area contributed by atoms with Crippen molar-refractivity contribution in [3.63, 3.8) is 0 Å². The molecule has 0 unspecified atom stereocenters. The molecular formula is C18H38O. The van der Waals surface area contributed by atoms with Gasteiger partial charge < -0.3 is 5.11 Å². The van der Waals surface area contributed by atoms with E-state index in [4.69, 9.17) is 0 Å². The Morgan fingerprint density at radius 3 is 1.16 bits per heavy atom. The van der Waals surface area contributed by atoms with Crippen molar-refractivity contribution in [3.05, 3.63) is 0 Å². The van der Waals surface area contributed by atoms with Gasteiger partial charge in [-0.05, 0) is 48.3 Å². The summed E-state index contributed by atoms with van der Waals surface area (Å²) < 4.78 is 0. The van der Waals surface area contributed by atoms with Gasteiger partial charge in [-0.25, -0.2) is 0 Å². The lowest BCUT2D eigenvalue weighted by molar-refractivity contribution is -0.0835. The Labute approximate surface area is 122 Å². The average Bonchev–Trinajstić information content (AvgIpc) is 1.92. The maximum absolute atomic E-state index is 10.2. The van der Waals surface area contributed by atoms with Gasteiger partial charge in [0.05, 0.1) is 5.60 Å². The Bertz CT molecular complexity index is 265. The van der Waals surface area contributed by atoms with Crippen LogP contribution in [0.15, 0.2) is 0 Å². The second-order valence-electron chi connectivity index (χ2n) is 10.1. The monoisotopic (exact) mass is 270 g/mol. The summed E-state index contributed by atoms with van der Waals surface area (Å²) in [7, 11) is 0. The van der Waals surface area contributed by atoms with Gasteiger partial charge in [0, 0.05) is 0 Å². The highest BCUT2D eigenvalue weighted by Crippen LogP contribution is 2.57. The molecule has 0 aromatic heterocycles. The van der Waals surface area contributed by atoms with Gasteiger partial charge in [0.25, 0.3) is 0 Å². The Morgan fingerprint density at radius 2 is 0.895 bits per heavy atom. The standard InChI is InChI=1S/C18H38O/c1-14(2,3)12-15(4,5)18(10,11)16(6,7)13-17(8,9)19/h19H,12-13H2,1-11H3. The summed E-state index contributed by atoms with van der Waals surface area (Å²) in [6.07, 6.45) is 2.00. The van der Waals surface area contributed by atoms with E-state index in [2.05, 4.69) is 62.3 Å². The molecule has 0 saturated carbocycles. The lowest BCUT2D eigenvalue weighted by atomic mass is 9.50. The van der Waals surface area contributed by atoms with Crippen molar-refractivity contribution < 1.29 is 5.11 Å². The first-order chi connectivity index (χ1) is 7.91. The first kappa shape index (κ1) is 19.0. The van der Waals surface area contributed by atoms with Crippen LogP contribution in [0.5, 0.6) is 0 Å². The molecule has 0 saturated heterocycles. The van der Waals surface area contributed by atoms with Crippen LogP contribution in [0, 0.1) is 21.7 Å². The smallest absolute Gasteiger partial charge is 0.0597 e. The highest BCUT2D eigenvalue weighted by Gasteiger charge is 2.50. The number of aliphatic hydroxyl groups is 1. The van der Waals surface area contributed by atoms with E-state index in [-0.39, 0.29) is 16.2 Å². The van der Waals surface area contributed by atoms with Crippen molar-refractivity contribution in [2.75, 3.05) is 0 Å². The van der Waals surface area contributed by atoms with Crippen LogP contribution >= 0.6 is 0 Å². The second-order valence-corrected chi connectivity index (χ2v) is 10.1. The van der Waals surface area contributed by atoms with E-state index in [1.807, 2.05) is 13.8 Å². The SMILES string of the molecule is CC(C)(C)CC(C)(C)C(C)(C)C(C)(C)CC(C)(C)O. The summed E-state index contributed by atoms with van der Waals surface area (Å²) in [6, 6.07) is 0. The molecule has 0 bridgehead atoms. The molecule has 116 valence electrons. The fraction of sp³-hybridized carbons (Fsp3) is 1.00. The summed E-state index contributed by atoms with van der Waals surface area (Å²) >= 11 is 0. The summed E-state index contributed by atoms with van der Waals surface area (Å²) in [5.41, 5.74) is 0.164. The summed E-state index contributed by atoms with van der Waals surface area (Å²) in [6.45, 7) is 24.9. The van der Waals surface area contributed by atoms with Crippen molar-refractivity contribution in [3.8, 4) is 0 Å². The minimum absolute atomic E-state index is 0.0833. The molecular weight excluding hydrogens is 232 g/mol. The third-order valence-electron chi connectivity index (χ3n) is 5.23. The van der Waals surface area contributed by atoms with E-state index >= 15 is 0 Å². The van der Waals surface area contributed by atoms with Gasteiger partial charge in [-0.3, -0.25) is 0 Å². The third kappa shape index (κ3) is 5.10. The lowest BCUT2D eigenvalue weighted by Gasteiger charge is -2.55. The van der Waals surface area contributed by atoms with Crippen LogP contribution in [0.2, 0.25) is 0 Å². The van der Waals surface area contributed by atoms with Gasteiger partial charge in [-0.1, -0.05) is 62.3 Å². The van der Waals surface area contributed by atoms with Gasteiger partial charge in [0.15, 0.2) is 0 Å². The zero-order chi connectivity index (χ0) is 15.9. The first-order valence-electron chi connectivity index (χ1n) is 7.64. The molecule has 0 radical (unpaired) electrons. The minimum atomic E-state index is -0.613. The zero-order valence-corrected chi connectivity index (χ0v) is 15.4. The highest BCUT2D eigenvalue weighted by atomic mass is 16.3. The van der Waals surface area contributed by atoms with Crippen molar-refractivity contribution in [1.82, 2.24) is 0 Å². The van der Waals surface area contributed by atoms with Crippen molar-refractivity contribution in [2.24, 2.45) is 21.7 Å². The van der Waals surface area contributed by atoms with Gasteiger partial charge in [0.2, 0.25) is 0 Å². The van der Waals surface area contributed by atoms with E-state index in [1.54, 1.807) is 0 Å². The number of hydrogen-bond donors (Lipinski definition) is 1. The Hall–Kier alpha value is -0.0400. The quantitative estimate of drug-likeness (QED) is 0.683. The maximum Gasteiger partial charge on any atom is 0.0597 e. The predicted octanol–water partition coefficient (Wildman–Crippen LogP) is 5.66. The molecule has 1 N–H and O–H groups in total. The van der Waals surface area contributed by atoms with Crippen LogP contribution in [0.25, 0.3) is 0 Å². The van der Waals surface area contributed by atoms with Crippen molar-refractivity contribution in [2.45, 2.75) is 94.6 Å². The topological polar surface area (TPSA) is 20.2 Å². The molecule has 1 nitrogen and oxygen atoms in total. The molecule has 1 heteroatoms. The Kier molecular flexibility index (Phi) is 5.05. The Morgan fingerprint density at radius 1 is 0.579 bits per heavy atom. The Balaban J connectivity index is 5.34. The van der Waals surface area contributed by atoms with Crippen LogP contribution in [-0.4, -0.2) is 10.7 Å². The molecule has 0 atom stereocenters. The van der Waals surface area contributed by atoms with Crippen LogP contribution in [0.4, 0.5) is 0 Å². The molecule has 0 aliphatic carbocycles. The molecule has 0 aromatic rings. The number of hydrogen-bond acceptors (Lipinski definition) is 1. The zero-order valence-electron chi connectivity index (χ0n) is 15.4. The highest BCUT2D eigenvalue weighted by molar-refractivity contribution is 4.99. The molecule has 0 fully saturated rings. The summed E-state index contributed by atoms with van der Waals surface area (Å²) in [5.74, 6) is 0. The molecule has 0 aliphatic heterocycles. The van der Waals surface area contributed by atoms with Gasteiger partial charge in [-0.2, -0.15) is 0 Å².